The van der Waals surface area contributed by atoms with Crippen LogP contribution in [-0.4, -0.2) is 28.9 Å². The molecule has 1 saturated heterocycles. The topological polar surface area (TPSA) is 46.3 Å². The molecule has 1 aromatic carbocycles. The summed E-state index contributed by atoms with van der Waals surface area (Å²) < 4.78 is 1.06. The molecule has 104 valence electrons. The number of carbonyl (C=O) groups is 1. The fourth-order valence-corrected chi connectivity index (χ4v) is 3.26. The lowest BCUT2D eigenvalue weighted by atomic mass is 10.00. The van der Waals surface area contributed by atoms with Crippen molar-refractivity contribution >= 4 is 21.8 Å². The number of benzene rings is 1. The molecule has 0 bridgehead atoms. The van der Waals surface area contributed by atoms with E-state index in [4.69, 9.17) is 5.73 Å². The standard InChI is InChI=1S/C15H21BrN2O/c1-15(2)9-13(17)10-18(15)14(19)7-6-11-4-3-5-12(16)8-11/h3-5,8,13H,6-7,9-10,17H2,1-2H3. The van der Waals surface area contributed by atoms with Crippen molar-refractivity contribution in [3.05, 3.63) is 34.3 Å². The molecule has 1 amide bonds. The molecular formula is C15H21BrN2O. The van der Waals surface area contributed by atoms with Crippen molar-refractivity contribution in [2.75, 3.05) is 6.54 Å². The molecule has 1 aromatic rings. The largest absolute Gasteiger partial charge is 0.336 e. The first-order valence-electron chi connectivity index (χ1n) is 6.69. The second kappa shape index (κ2) is 5.63. The second-order valence-corrected chi connectivity index (χ2v) is 6.83. The van der Waals surface area contributed by atoms with E-state index in [0.29, 0.717) is 13.0 Å². The zero-order valence-corrected chi connectivity index (χ0v) is 13.1. The van der Waals surface area contributed by atoms with E-state index in [-0.39, 0.29) is 17.5 Å². The van der Waals surface area contributed by atoms with Gasteiger partial charge in [0.05, 0.1) is 0 Å². The number of aryl methyl sites for hydroxylation is 1. The van der Waals surface area contributed by atoms with Crippen LogP contribution in [-0.2, 0) is 11.2 Å². The number of likely N-dealkylation sites (tertiary alicyclic amines) is 1. The van der Waals surface area contributed by atoms with Crippen LogP contribution >= 0.6 is 15.9 Å². The van der Waals surface area contributed by atoms with E-state index in [2.05, 4.69) is 41.9 Å². The van der Waals surface area contributed by atoms with Gasteiger partial charge in [-0.3, -0.25) is 4.79 Å². The smallest absolute Gasteiger partial charge is 0.223 e. The van der Waals surface area contributed by atoms with Gasteiger partial charge in [0.1, 0.15) is 0 Å². The van der Waals surface area contributed by atoms with Crippen LogP contribution in [0.15, 0.2) is 28.7 Å². The molecule has 1 aliphatic heterocycles. The minimum Gasteiger partial charge on any atom is -0.336 e. The van der Waals surface area contributed by atoms with Crippen molar-refractivity contribution in [3.8, 4) is 0 Å². The highest BCUT2D eigenvalue weighted by Gasteiger charge is 2.39. The molecule has 1 atom stereocenters. The highest BCUT2D eigenvalue weighted by atomic mass is 79.9. The fourth-order valence-electron chi connectivity index (χ4n) is 2.82. The summed E-state index contributed by atoms with van der Waals surface area (Å²) in [6.45, 7) is 4.87. The minimum atomic E-state index is -0.103. The Kier molecular flexibility index (Phi) is 4.31. The van der Waals surface area contributed by atoms with Gasteiger partial charge in [-0.15, -0.1) is 0 Å². The molecule has 19 heavy (non-hydrogen) atoms. The summed E-state index contributed by atoms with van der Waals surface area (Å²) in [5.74, 6) is 0.206. The zero-order chi connectivity index (χ0) is 14.0. The van der Waals surface area contributed by atoms with Crippen molar-refractivity contribution in [3.63, 3.8) is 0 Å². The molecule has 0 spiro atoms. The summed E-state index contributed by atoms with van der Waals surface area (Å²) in [5, 5.41) is 0. The molecule has 1 aliphatic rings. The Morgan fingerprint density at radius 1 is 1.53 bits per heavy atom. The summed E-state index contributed by atoms with van der Waals surface area (Å²) in [7, 11) is 0. The number of amides is 1. The van der Waals surface area contributed by atoms with Crippen LogP contribution in [0.4, 0.5) is 0 Å². The molecule has 2 rings (SSSR count). The third-order valence-corrected chi connectivity index (χ3v) is 4.22. The third kappa shape index (κ3) is 3.57. The summed E-state index contributed by atoms with van der Waals surface area (Å²) in [6.07, 6.45) is 2.21. The van der Waals surface area contributed by atoms with Gasteiger partial charge in [-0.05, 0) is 44.4 Å². The summed E-state index contributed by atoms with van der Waals surface area (Å²) in [6, 6.07) is 8.23. The van der Waals surface area contributed by atoms with E-state index >= 15 is 0 Å². The third-order valence-electron chi connectivity index (χ3n) is 3.73. The number of carbonyl (C=O) groups excluding carboxylic acids is 1. The van der Waals surface area contributed by atoms with Crippen LogP contribution in [0.3, 0.4) is 0 Å². The van der Waals surface area contributed by atoms with Gasteiger partial charge in [0, 0.05) is 29.0 Å². The SMILES string of the molecule is CC1(C)CC(N)CN1C(=O)CCc1cccc(Br)c1. The number of nitrogens with zero attached hydrogens (tertiary/aromatic N) is 1. The van der Waals surface area contributed by atoms with Gasteiger partial charge in [-0.2, -0.15) is 0 Å². The van der Waals surface area contributed by atoms with Gasteiger partial charge in [0.25, 0.3) is 0 Å². The summed E-state index contributed by atoms with van der Waals surface area (Å²) >= 11 is 3.45. The number of nitrogens with two attached hydrogens (primary N) is 1. The first-order chi connectivity index (χ1) is 8.88. The quantitative estimate of drug-likeness (QED) is 0.929. The lowest BCUT2D eigenvalue weighted by Crippen LogP contribution is -2.42. The Bertz CT molecular complexity index is 473. The van der Waals surface area contributed by atoms with Crippen molar-refractivity contribution in [2.45, 2.75) is 44.7 Å². The fraction of sp³-hybridized carbons (Fsp3) is 0.533. The van der Waals surface area contributed by atoms with Gasteiger partial charge >= 0.3 is 0 Å². The lowest BCUT2D eigenvalue weighted by Gasteiger charge is -2.31. The van der Waals surface area contributed by atoms with E-state index in [9.17, 15) is 4.79 Å². The number of hydrogen-bond acceptors (Lipinski definition) is 2. The van der Waals surface area contributed by atoms with E-state index in [1.165, 1.54) is 5.56 Å². The first-order valence-corrected chi connectivity index (χ1v) is 7.48. The van der Waals surface area contributed by atoms with Gasteiger partial charge < -0.3 is 10.6 Å². The summed E-state index contributed by atoms with van der Waals surface area (Å²) in [4.78, 5) is 14.3. The van der Waals surface area contributed by atoms with E-state index in [0.717, 1.165) is 17.3 Å². The average Bonchev–Trinajstić information content (AvgIpc) is 2.59. The van der Waals surface area contributed by atoms with Gasteiger partial charge in [-0.25, -0.2) is 0 Å². The van der Waals surface area contributed by atoms with Crippen LogP contribution in [0.25, 0.3) is 0 Å². The van der Waals surface area contributed by atoms with Gasteiger partial charge in [0.2, 0.25) is 5.91 Å². The first kappa shape index (κ1) is 14.5. The highest BCUT2D eigenvalue weighted by Crippen LogP contribution is 2.28. The Balaban J connectivity index is 1.95. The Morgan fingerprint density at radius 2 is 2.26 bits per heavy atom. The lowest BCUT2D eigenvalue weighted by molar-refractivity contribution is -0.134. The molecule has 3 nitrogen and oxygen atoms in total. The van der Waals surface area contributed by atoms with Crippen LogP contribution in [0.1, 0.15) is 32.3 Å². The van der Waals surface area contributed by atoms with Crippen molar-refractivity contribution in [1.82, 2.24) is 4.90 Å². The number of halogens is 1. The van der Waals surface area contributed by atoms with Crippen LogP contribution in [0.2, 0.25) is 0 Å². The highest BCUT2D eigenvalue weighted by molar-refractivity contribution is 9.10. The molecule has 4 heteroatoms. The maximum atomic E-state index is 12.3. The van der Waals surface area contributed by atoms with E-state index in [1.54, 1.807) is 0 Å². The number of rotatable bonds is 3. The van der Waals surface area contributed by atoms with Crippen LogP contribution in [0, 0.1) is 0 Å². The Labute approximate surface area is 123 Å². The average molecular weight is 325 g/mol. The van der Waals surface area contributed by atoms with Gasteiger partial charge in [0.15, 0.2) is 0 Å². The zero-order valence-electron chi connectivity index (χ0n) is 11.5. The number of hydrogen-bond donors (Lipinski definition) is 1. The molecule has 0 saturated carbocycles. The minimum absolute atomic E-state index is 0.103. The predicted octanol–water partition coefficient (Wildman–Crippen LogP) is 2.72. The molecule has 1 unspecified atom stereocenters. The molecule has 1 heterocycles. The second-order valence-electron chi connectivity index (χ2n) is 5.91. The maximum Gasteiger partial charge on any atom is 0.223 e. The molecule has 1 fully saturated rings. The molecular weight excluding hydrogens is 304 g/mol. The summed E-state index contributed by atoms with van der Waals surface area (Å²) in [5.41, 5.74) is 7.05. The predicted molar refractivity (Wildman–Crippen MR) is 80.8 cm³/mol. The Hall–Kier alpha value is -0.870. The van der Waals surface area contributed by atoms with Crippen LogP contribution in [0.5, 0.6) is 0 Å². The van der Waals surface area contributed by atoms with Gasteiger partial charge in [-0.1, -0.05) is 28.1 Å². The molecule has 0 aromatic heterocycles. The monoisotopic (exact) mass is 324 g/mol. The van der Waals surface area contributed by atoms with Crippen molar-refractivity contribution in [2.24, 2.45) is 5.73 Å². The van der Waals surface area contributed by atoms with E-state index < -0.39 is 0 Å². The van der Waals surface area contributed by atoms with E-state index in [1.807, 2.05) is 17.0 Å². The molecule has 2 N–H and O–H groups in total. The van der Waals surface area contributed by atoms with Crippen LogP contribution < -0.4 is 5.73 Å². The Morgan fingerprint density at radius 3 is 2.84 bits per heavy atom. The maximum absolute atomic E-state index is 12.3. The van der Waals surface area contributed by atoms with Crippen molar-refractivity contribution < 1.29 is 4.79 Å². The normalized spacial score (nSPS) is 21.7. The molecule has 0 aliphatic carbocycles. The van der Waals surface area contributed by atoms with Crippen molar-refractivity contribution in [1.29, 1.82) is 0 Å². The molecule has 0 radical (unpaired) electrons.